The summed E-state index contributed by atoms with van der Waals surface area (Å²) in [7, 11) is 0. The molecule has 0 fully saturated rings. The predicted molar refractivity (Wildman–Crippen MR) is 105 cm³/mol. The minimum absolute atomic E-state index is 0.102. The number of carbonyl (C=O) groups is 1. The first kappa shape index (κ1) is 18.3. The number of aryl methyl sites for hydroxylation is 1. The summed E-state index contributed by atoms with van der Waals surface area (Å²) >= 11 is 7.05. The number of amides is 1. The summed E-state index contributed by atoms with van der Waals surface area (Å²) in [6.07, 6.45) is 1.67. The number of anilines is 1. The van der Waals surface area contributed by atoms with Crippen LogP contribution in [0.1, 0.15) is 16.1 Å². The van der Waals surface area contributed by atoms with E-state index in [0.717, 1.165) is 6.07 Å². The Labute approximate surface area is 168 Å². The van der Waals surface area contributed by atoms with Crippen molar-refractivity contribution in [3.63, 3.8) is 0 Å². The van der Waals surface area contributed by atoms with Gasteiger partial charge in [0.1, 0.15) is 28.5 Å². The molecule has 0 spiro atoms. The smallest absolute Gasteiger partial charge is 0.263 e. The zero-order valence-electron chi connectivity index (χ0n) is 14.4. The van der Waals surface area contributed by atoms with E-state index >= 15 is 0 Å². The maximum Gasteiger partial charge on any atom is 0.263 e. The predicted octanol–water partition coefficient (Wildman–Crippen LogP) is 5.21. The molecule has 0 aliphatic carbocycles. The molecule has 0 aliphatic heterocycles. The third kappa shape index (κ3) is 3.51. The van der Waals surface area contributed by atoms with Crippen LogP contribution >= 0.6 is 22.9 Å². The van der Waals surface area contributed by atoms with Crippen molar-refractivity contribution >= 4 is 34.0 Å². The van der Waals surface area contributed by atoms with Crippen molar-refractivity contribution in [2.24, 2.45) is 0 Å². The molecular formula is C19H12ClFN4O2S. The van der Waals surface area contributed by atoms with E-state index in [-0.39, 0.29) is 27.6 Å². The summed E-state index contributed by atoms with van der Waals surface area (Å²) < 4.78 is 19.4. The van der Waals surface area contributed by atoms with Gasteiger partial charge in [-0.25, -0.2) is 9.37 Å². The maximum atomic E-state index is 14.3. The quantitative estimate of drug-likeness (QED) is 0.495. The van der Waals surface area contributed by atoms with Crippen LogP contribution in [0.3, 0.4) is 0 Å². The van der Waals surface area contributed by atoms with Crippen LogP contribution in [0.5, 0.6) is 0 Å². The number of rotatable bonds is 4. The van der Waals surface area contributed by atoms with Gasteiger partial charge in [-0.2, -0.15) is 0 Å². The second kappa shape index (κ2) is 7.49. The molecule has 9 heteroatoms. The summed E-state index contributed by atoms with van der Waals surface area (Å²) in [6.45, 7) is 1.58. The van der Waals surface area contributed by atoms with E-state index in [1.807, 2.05) is 18.2 Å². The molecule has 6 nitrogen and oxygen atoms in total. The van der Waals surface area contributed by atoms with Gasteiger partial charge >= 0.3 is 0 Å². The molecule has 0 atom stereocenters. The number of hydrogen-bond donors (Lipinski definition) is 1. The Bertz CT molecular complexity index is 1160. The molecule has 3 aromatic heterocycles. The topological polar surface area (TPSA) is 80.9 Å². The number of aromatic nitrogens is 3. The normalized spacial score (nSPS) is 10.8. The van der Waals surface area contributed by atoms with Crippen LogP contribution in [0.25, 0.3) is 22.6 Å². The number of pyridine rings is 1. The van der Waals surface area contributed by atoms with E-state index in [9.17, 15) is 9.18 Å². The van der Waals surface area contributed by atoms with E-state index in [0.29, 0.717) is 16.5 Å². The first-order chi connectivity index (χ1) is 13.5. The van der Waals surface area contributed by atoms with Gasteiger partial charge in [-0.15, -0.1) is 11.3 Å². The summed E-state index contributed by atoms with van der Waals surface area (Å²) in [5.41, 5.74) is 1.71. The summed E-state index contributed by atoms with van der Waals surface area (Å²) in [5.74, 6) is -0.824. The van der Waals surface area contributed by atoms with Crippen LogP contribution in [-0.2, 0) is 0 Å². The van der Waals surface area contributed by atoms with Gasteiger partial charge in [0.15, 0.2) is 5.13 Å². The van der Waals surface area contributed by atoms with E-state index in [2.05, 4.69) is 20.4 Å². The highest BCUT2D eigenvalue weighted by Gasteiger charge is 2.24. The molecule has 140 valence electrons. The molecule has 0 unspecified atom stereocenters. The summed E-state index contributed by atoms with van der Waals surface area (Å²) in [5, 5.41) is 8.98. The first-order valence-electron chi connectivity index (χ1n) is 8.13. The van der Waals surface area contributed by atoms with Gasteiger partial charge in [-0.1, -0.05) is 22.8 Å². The Balaban J connectivity index is 1.63. The first-order valence-corrected chi connectivity index (χ1v) is 9.38. The Morgan fingerprint density at radius 3 is 2.86 bits per heavy atom. The van der Waals surface area contributed by atoms with Gasteiger partial charge < -0.3 is 4.52 Å². The molecule has 0 saturated carbocycles. The lowest BCUT2D eigenvalue weighted by Gasteiger charge is -2.04. The number of thiazole rings is 1. The average Bonchev–Trinajstić information content (AvgIpc) is 3.29. The van der Waals surface area contributed by atoms with Crippen molar-refractivity contribution in [2.75, 3.05) is 5.32 Å². The van der Waals surface area contributed by atoms with Crippen LogP contribution in [0.15, 0.2) is 52.5 Å². The van der Waals surface area contributed by atoms with Crippen molar-refractivity contribution in [3.05, 3.63) is 70.1 Å². The summed E-state index contributed by atoms with van der Waals surface area (Å²) in [6, 6.07) is 9.62. The molecule has 1 aromatic carbocycles. The fraction of sp³-hybridized carbons (Fsp3) is 0.0526. The Morgan fingerprint density at radius 1 is 1.25 bits per heavy atom. The highest BCUT2D eigenvalue weighted by Crippen LogP contribution is 2.30. The third-order valence-electron chi connectivity index (χ3n) is 3.93. The van der Waals surface area contributed by atoms with Gasteiger partial charge in [-0.05, 0) is 37.3 Å². The van der Waals surface area contributed by atoms with Gasteiger partial charge in [0.25, 0.3) is 5.91 Å². The van der Waals surface area contributed by atoms with Crippen molar-refractivity contribution in [1.29, 1.82) is 0 Å². The fourth-order valence-electron chi connectivity index (χ4n) is 2.63. The van der Waals surface area contributed by atoms with Crippen LogP contribution in [0, 0.1) is 12.7 Å². The molecular weight excluding hydrogens is 403 g/mol. The van der Waals surface area contributed by atoms with Crippen LogP contribution < -0.4 is 5.32 Å². The number of benzene rings is 1. The highest BCUT2D eigenvalue weighted by atomic mass is 35.5. The van der Waals surface area contributed by atoms with Crippen molar-refractivity contribution in [3.8, 4) is 22.6 Å². The second-order valence-electron chi connectivity index (χ2n) is 5.79. The van der Waals surface area contributed by atoms with Gasteiger partial charge in [0.05, 0.1) is 5.69 Å². The van der Waals surface area contributed by atoms with Crippen LogP contribution in [-0.4, -0.2) is 21.0 Å². The van der Waals surface area contributed by atoms with E-state index in [4.69, 9.17) is 16.1 Å². The number of carbonyl (C=O) groups excluding carboxylic acids is 1. The zero-order chi connectivity index (χ0) is 19.7. The van der Waals surface area contributed by atoms with Gasteiger partial charge in [0, 0.05) is 22.2 Å². The molecule has 0 saturated heterocycles. The number of nitrogens with one attached hydrogen (secondary N) is 1. The Morgan fingerprint density at radius 2 is 2.11 bits per heavy atom. The van der Waals surface area contributed by atoms with E-state index in [1.54, 1.807) is 18.5 Å². The zero-order valence-corrected chi connectivity index (χ0v) is 16.0. The molecule has 0 bridgehead atoms. The third-order valence-corrected chi connectivity index (χ3v) is 4.92. The Kier molecular flexibility index (Phi) is 4.89. The molecule has 0 radical (unpaired) electrons. The van der Waals surface area contributed by atoms with Crippen molar-refractivity contribution in [1.82, 2.24) is 15.1 Å². The van der Waals surface area contributed by atoms with E-state index in [1.165, 1.54) is 23.5 Å². The summed E-state index contributed by atoms with van der Waals surface area (Å²) in [4.78, 5) is 21.4. The number of halogens is 2. The second-order valence-corrected chi connectivity index (χ2v) is 7.09. The van der Waals surface area contributed by atoms with Crippen molar-refractivity contribution < 1.29 is 13.7 Å². The molecule has 0 aliphatic rings. The monoisotopic (exact) mass is 414 g/mol. The number of nitrogens with zero attached hydrogens (tertiary/aromatic N) is 3. The molecule has 4 aromatic rings. The molecule has 28 heavy (non-hydrogen) atoms. The minimum Gasteiger partial charge on any atom is -0.360 e. The minimum atomic E-state index is -0.596. The fourth-order valence-corrected chi connectivity index (χ4v) is 3.49. The lowest BCUT2D eigenvalue weighted by molar-refractivity contribution is 0.102. The van der Waals surface area contributed by atoms with E-state index < -0.39 is 11.7 Å². The molecule has 1 N–H and O–H groups in total. The SMILES string of the molecule is Cc1onc(-c2ccc(Cl)cc2F)c1C(=O)Nc1nc(-c2ccccn2)cs1. The molecule has 3 heterocycles. The standard InChI is InChI=1S/C19H12ClFN4O2S/c1-10-16(17(25-27-10)12-6-5-11(20)8-13(12)21)18(26)24-19-23-15(9-28-19)14-4-2-3-7-22-14/h2-9H,1H3,(H,23,24,26). The Hall–Kier alpha value is -3.10. The van der Waals surface area contributed by atoms with Crippen LogP contribution in [0.4, 0.5) is 9.52 Å². The molecule has 4 rings (SSSR count). The van der Waals surface area contributed by atoms with Gasteiger partial charge in [-0.3, -0.25) is 15.1 Å². The lowest BCUT2D eigenvalue weighted by Crippen LogP contribution is -2.13. The molecule has 1 amide bonds. The average molecular weight is 415 g/mol. The number of hydrogen-bond acceptors (Lipinski definition) is 6. The van der Waals surface area contributed by atoms with Crippen LogP contribution in [0.2, 0.25) is 5.02 Å². The largest absolute Gasteiger partial charge is 0.360 e. The maximum absolute atomic E-state index is 14.3. The lowest BCUT2D eigenvalue weighted by atomic mass is 10.1. The highest BCUT2D eigenvalue weighted by molar-refractivity contribution is 7.14. The van der Waals surface area contributed by atoms with Gasteiger partial charge in [0.2, 0.25) is 0 Å². The van der Waals surface area contributed by atoms with Crippen molar-refractivity contribution in [2.45, 2.75) is 6.92 Å².